The van der Waals surface area contributed by atoms with E-state index in [-0.39, 0.29) is 5.91 Å². The fourth-order valence-corrected chi connectivity index (χ4v) is 3.70. The van der Waals surface area contributed by atoms with E-state index in [2.05, 4.69) is 59.4 Å². The van der Waals surface area contributed by atoms with Crippen LogP contribution in [-0.2, 0) is 17.8 Å². The van der Waals surface area contributed by atoms with Crippen LogP contribution in [0.5, 0.6) is 0 Å². The maximum absolute atomic E-state index is 12.6. The van der Waals surface area contributed by atoms with Gasteiger partial charge in [-0.2, -0.15) is 5.10 Å². The Morgan fingerprint density at radius 1 is 1.04 bits per heavy atom. The first kappa shape index (κ1) is 18.4. The second kappa shape index (κ2) is 8.40. The molecule has 0 unspecified atom stereocenters. The first-order valence-corrected chi connectivity index (χ1v) is 9.82. The zero-order valence-corrected chi connectivity index (χ0v) is 16.3. The minimum absolute atomic E-state index is 0.230. The van der Waals surface area contributed by atoms with Gasteiger partial charge >= 0.3 is 0 Å². The molecule has 28 heavy (non-hydrogen) atoms. The molecule has 1 amide bonds. The minimum Gasteiger partial charge on any atom is -0.340 e. The van der Waals surface area contributed by atoms with Crippen molar-refractivity contribution in [2.24, 2.45) is 0 Å². The number of rotatable bonds is 6. The van der Waals surface area contributed by atoms with Crippen molar-refractivity contribution in [2.75, 3.05) is 26.2 Å². The van der Waals surface area contributed by atoms with Crippen LogP contribution in [0.4, 0.5) is 0 Å². The summed E-state index contributed by atoms with van der Waals surface area (Å²) in [5.41, 5.74) is 4.84. The van der Waals surface area contributed by atoms with Crippen molar-refractivity contribution >= 4 is 5.91 Å². The van der Waals surface area contributed by atoms with Crippen molar-refractivity contribution in [3.63, 3.8) is 0 Å². The van der Waals surface area contributed by atoms with Gasteiger partial charge in [-0.15, -0.1) is 0 Å². The van der Waals surface area contributed by atoms with E-state index in [4.69, 9.17) is 0 Å². The van der Waals surface area contributed by atoms with Crippen molar-refractivity contribution < 1.29 is 4.79 Å². The standard InChI is InChI=1S/C23H26N4O/c1-19-16-22(27-12-5-11-24-27)9-8-21(19)17-25-14-15-26(23(28)18-25)13-10-20-6-3-2-4-7-20/h2-9,11-12,16H,10,13-15,17-18H2,1H3. The van der Waals surface area contributed by atoms with Gasteiger partial charge in [0.1, 0.15) is 0 Å². The lowest BCUT2D eigenvalue weighted by Gasteiger charge is -2.34. The predicted octanol–water partition coefficient (Wildman–Crippen LogP) is 3.07. The van der Waals surface area contributed by atoms with Crippen molar-refractivity contribution in [1.29, 1.82) is 0 Å². The number of carbonyl (C=O) groups is 1. The summed E-state index contributed by atoms with van der Waals surface area (Å²) in [7, 11) is 0. The van der Waals surface area contributed by atoms with Crippen molar-refractivity contribution in [3.05, 3.63) is 83.7 Å². The van der Waals surface area contributed by atoms with Crippen LogP contribution >= 0.6 is 0 Å². The summed E-state index contributed by atoms with van der Waals surface area (Å²) in [5, 5.41) is 4.29. The average molecular weight is 374 g/mol. The molecule has 0 radical (unpaired) electrons. The van der Waals surface area contributed by atoms with Crippen molar-refractivity contribution in [1.82, 2.24) is 19.6 Å². The largest absolute Gasteiger partial charge is 0.340 e. The number of hydrogen-bond donors (Lipinski definition) is 0. The van der Waals surface area contributed by atoms with E-state index < -0.39 is 0 Å². The molecule has 0 aliphatic carbocycles. The van der Waals surface area contributed by atoms with Gasteiger partial charge in [-0.25, -0.2) is 4.68 Å². The Morgan fingerprint density at radius 2 is 1.89 bits per heavy atom. The number of aromatic nitrogens is 2. The molecule has 5 heteroatoms. The molecule has 0 saturated carbocycles. The van der Waals surface area contributed by atoms with Gasteiger partial charge < -0.3 is 4.90 Å². The molecule has 1 aromatic heterocycles. The van der Waals surface area contributed by atoms with Gasteiger partial charge in [0.25, 0.3) is 0 Å². The van der Waals surface area contributed by atoms with E-state index in [0.717, 1.165) is 38.3 Å². The summed E-state index contributed by atoms with van der Waals surface area (Å²) >= 11 is 0. The van der Waals surface area contributed by atoms with Crippen LogP contribution in [0.2, 0.25) is 0 Å². The number of carbonyl (C=O) groups excluding carboxylic acids is 1. The Kier molecular flexibility index (Phi) is 5.53. The van der Waals surface area contributed by atoms with E-state index in [1.54, 1.807) is 6.20 Å². The number of nitrogens with zero attached hydrogens (tertiary/aromatic N) is 4. The fourth-order valence-electron chi connectivity index (χ4n) is 3.70. The van der Waals surface area contributed by atoms with Gasteiger partial charge in [-0.1, -0.05) is 36.4 Å². The number of aryl methyl sites for hydroxylation is 1. The number of piperazine rings is 1. The Hall–Kier alpha value is -2.92. The third-order valence-corrected chi connectivity index (χ3v) is 5.40. The molecule has 0 N–H and O–H groups in total. The fraction of sp³-hybridized carbons (Fsp3) is 0.304. The number of amides is 1. The summed E-state index contributed by atoms with van der Waals surface area (Å²) in [6.07, 6.45) is 4.65. The summed E-state index contributed by atoms with van der Waals surface area (Å²) < 4.78 is 1.87. The number of benzene rings is 2. The lowest BCUT2D eigenvalue weighted by atomic mass is 10.1. The molecule has 1 aliphatic rings. The molecule has 1 aliphatic heterocycles. The monoisotopic (exact) mass is 374 g/mol. The maximum atomic E-state index is 12.6. The van der Waals surface area contributed by atoms with Gasteiger partial charge in [0.05, 0.1) is 12.2 Å². The molecule has 2 heterocycles. The minimum atomic E-state index is 0.230. The van der Waals surface area contributed by atoms with Gasteiger partial charge in [0, 0.05) is 38.6 Å². The lowest BCUT2D eigenvalue weighted by Crippen LogP contribution is -2.50. The summed E-state index contributed by atoms with van der Waals surface area (Å²) in [4.78, 5) is 16.8. The third-order valence-electron chi connectivity index (χ3n) is 5.40. The highest BCUT2D eigenvalue weighted by atomic mass is 16.2. The van der Waals surface area contributed by atoms with E-state index >= 15 is 0 Å². The Labute approximate surface area is 166 Å². The quantitative estimate of drug-likeness (QED) is 0.666. The van der Waals surface area contributed by atoms with Gasteiger partial charge in [-0.3, -0.25) is 9.69 Å². The molecule has 2 aromatic carbocycles. The first-order valence-electron chi connectivity index (χ1n) is 9.82. The van der Waals surface area contributed by atoms with Crippen molar-refractivity contribution in [2.45, 2.75) is 19.9 Å². The van der Waals surface area contributed by atoms with Crippen LogP contribution in [0.3, 0.4) is 0 Å². The van der Waals surface area contributed by atoms with E-state index in [1.807, 2.05) is 27.9 Å². The van der Waals surface area contributed by atoms with Crippen LogP contribution in [-0.4, -0.2) is 51.7 Å². The molecular formula is C23H26N4O. The highest BCUT2D eigenvalue weighted by Gasteiger charge is 2.23. The Morgan fingerprint density at radius 3 is 2.61 bits per heavy atom. The molecule has 1 fully saturated rings. The zero-order valence-electron chi connectivity index (χ0n) is 16.3. The Bertz CT molecular complexity index is 921. The zero-order chi connectivity index (χ0) is 19.3. The third kappa shape index (κ3) is 4.31. The Balaban J connectivity index is 1.33. The summed E-state index contributed by atoms with van der Waals surface area (Å²) in [6.45, 7) is 5.95. The maximum Gasteiger partial charge on any atom is 0.236 e. The van der Waals surface area contributed by atoms with E-state index in [1.165, 1.54) is 16.7 Å². The van der Waals surface area contributed by atoms with E-state index in [0.29, 0.717) is 6.54 Å². The summed E-state index contributed by atoms with van der Waals surface area (Å²) in [6, 6.07) is 18.7. The van der Waals surface area contributed by atoms with Crippen LogP contribution in [0.15, 0.2) is 67.0 Å². The summed E-state index contributed by atoms with van der Waals surface area (Å²) in [5.74, 6) is 0.230. The molecule has 5 nitrogen and oxygen atoms in total. The molecule has 1 saturated heterocycles. The second-order valence-electron chi connectivity index (χ2n) is 7.39. The van der Waals surface area contributed by atoms with Crippen LogP contribution in [0.1, 0.15) is 16.7 Å². The molecule has 0 atom stereocenters. The topological polar surface area (TPSA) is 41.4 Å². The highest BCUT2D eigenvalue weighted by molar-refractivity contribution is 5.79. The first-order chi connectivity index (χ1) is 13.7. The molecule has 3 aromatic rings. The van der Waals surface area contributed by atoms with Gasteiger partial charge in [-0.05, 0) is 48.2 Å². The SMILES string of the molecule is Cc1cc(-n2cccn2)ccc1CN1CCN(CCc2ccccc2)C(=O)C1. The molecule has 0 spiro atoms. The van der Waals surface area contributed by atoms with Crippen LogP contribution in [0, 0.1) is 6.92 Å². The molecular weight excluding hydrogens is 348 g/mol. The predicted molar refractivity (Wildman–Crippen MR) is 110 cm³/mol. The van der Waals surface area contributed by atoms with Gasteiger partial charge in [0.15, 0.2) is 0 Å². The molecule has 4 rings (SSSR count). The second-order valence-corrected chi connectivity index (χ2v) is 7.39. The average Bonchev–Trinajstić information content (AvgIpc) is 3.24. The normalized spacial score (nSPS) is 15.2. The molecule has 0 bridgehead atoms. The highest BCUT2D eigenvalue weighted by Crippen LogP contribution is 2.17. The van der Waals surface area contributed by atoms with E-state index in [9.17, 15) is 4.79 Å². The number of hydrogen-bond acceptors (Lipinski definition) is 3. The smallest absolute Gasteiger partial charge is 0.236 e. The molecule has 144 valence electrons. The van der Waals surface area contributed by atoms with Crippen LogP contribution in [0.25, 0.3) is 5.69 Å². The van der Waals surface area contributed by atoms with Crippen LogP contribution < -0.4 is 0 Å². The lowest BCUT2D eigenvalue weighted by molar-refractivity contribution is -0.136. The van der Waals surface area contributed by atoms with Gasteiger partial charge in [0.2, 0.25) is 5.91 Å². The van der Waals surface area contributed by atoms with Crippen molar-refractivity contribution in [3.8, 4) is 5.69 Å².